The van der Waals surface area contributed by atoms with Gasteiger partial charge in [-0.15, -0.1) is 0 Å². The van der Waals surface area contributed by atoms with Crippen molar-refractivity contribution in [2.24, 2.45) is 5.73 Å². The molecule has 2 aromatic carbocycles. The van der Waals surface area contributed by atoms with Gasteiger partial charge in [0.25, 0.3) is 5.56 Å². The highest BCUT2D eigenvalue weighted by Crippen LogP contribution is 2.25. The minimum absolute atomic E-state index is 0.0612. The van der Waals surface area contributed by atoms with E-state index in [0.717, 1.165) is 42.2 Å². The van der Waals surface area contributed by atoms with Gasteiger partial charge in [0.05, 0.1) is 18.8 Å². The van der Waals surface area contributed by atoms with Crippen LogP contribution in [0.15, 0.2) is 76.0 Å². The summed E-state index contributed by atoms with van der Waals surface area (Å²) in [4.78, 5) is 26.3. The molecule has 1 atom stereocenters. The molecule has 1 saturated heterocycles. The fourth-order valence-corrected chi connectivity index (χ4v) is 5.16. The first-order valence-corrected chi connectivity index (χ1v) is 13.3. The number of rotatable bonds is 8. The predicted molar refractivity (Wildman–Crippen MR) is 151 cm³/mol. The number of piperidine rings is 1. The average molecular weight is 525 g/mol. The minimum Gasteiger partial charge on any atom is -0.359 e. The Bertz CT molecular complexity index is 1620. The van der Waals surface area contributed by atoms with E-state index in [-0.39, 0.29) is 18.1 Å². The van der Waals surface area contributed by atoms with Crippen LogP contribution in [0.1, 0.15) is 35.4 Å². The van der Waals surface area contributed by atoms with Crippen molar-refractivity contribution in [2.75, 3.05) is 23.3 Å². The van der Waals surface area contributed by atoms with Gasteiger partial charge in [-0.2, -0.15) is 9.97 Å². The Morgan fingerprint density at radius 2 is 1.74 bits per heavy atom. The summed E-state index contributed by atoms with van der Waals surface area (Å²) in [5.74, 6) is 1.72. The molecule has 10 heteroatoms. The molecule has 3 N–H and O–H groups in total. The Hall–Kier alpha value is -4.44. The Kier molecular flexibility index (Phi) is 6.85. The van der Waals surface area contributed by atoms with Gasteiger partial charge in [0.15, 0.2) is 16.9 Å². The summed E-state index contributed by atoms with van der Waals surface area (Å²) in [5, 5.41) is 7.37. The van der Waals surface area contributed by atoms with E-state index < -0.39 is 0 Å². The number of nitrogens with zero attached hydrogens (tertiary/aromatic N) is 6. The number of aromatic nitrogens is 5. The topological polar surface area (TPSA) is 120 Å². The molecule has 1 aliphatic heterocycles. The predicted octanol–water partition coefficient (Wildman–Crippen LogP) is 3.53. The van der Waals surface area contributed by atoms with Crippen LogP contribution in [0.3, 0.4) is 0 Å². The van der Waals surface area contributed by atoms with Gasteiger partial charge in [0, 0.05) is 31.7 Å². The van der Waals surface area contributed by atoms with E-state index in [0.29, 0.717) is 42.5 Å². The molecule has 0 radical (unpaired) electrons. The number of aryl methyl sites for hydroxylation is 1. The third kappa shape index (κ3) is 5.28. The molecular formula is C29H32N8O2. The number of nitrogens with two attached hydrogens (primary N) is 1. The standard InChI is InChI=1S/C29H32N8O2/c1-20-15-24(39-34-20)19-37-27(38)25-26(32-28(37)31-16-21-9-4-2-5-10-21)33-29(35-14-8-13-23(30)18-35)36(25)17-22-11-6-3-7-12-22/h2-7,9-12,15,23H,8,13-14,16-19,30H2,1H3,(H,31,32). The third-order valence-electron chi connectivity index (χ3n) is 7.05. The van der Waals surface area contributed by atoms with Crippen LogP contribution in [-0.4, -0.2) is 43.4 Å². The van der Waals surface area contributed by atoms with Crippen molar-refractivity contribution >= 4 is 23.1 Å². The van der Waals surface area contributed by atoms with E-state index in [1.54, 1.807) is 4.57 Å². The number of hydrogen-bond donors (Lipinski definition) is 2. The van der Waals surface area contributed by atoms with Gasteiger partial charge >= 0.3 is 0 Å². The van der Waals surface area contributed by atoms with E-state index in [9.17, 15) is 4.79 Å². The zero-order chi connectivity index (χ0) is 26.8. The van der Waals surface area contributed by atoms with Crippen molar-refractivity contribution in [3.63, 3.8) is 0 Å². The number of nitrogens with one attached hydrogen (secondary N) is 1. The molecule has 1 aliphatic rings. The number of anilines is 2. The third-order valence-corrected chi connectivity index (χ3v) is 7.05. The smallest absolute Gasteiger partial charge is 0.281 e. The molecule has 1 fully saturated rings. The number of fused-ring (bicyclic) bond motifs is 1. The highest BCUT2D eigenvalue weighted by molar-refractivity contribution is 5.76. The van der Waals surface area contributed by atoms with Crippen molar-refractivity contribution in [3.05, 3.63) is 99.7 Å². The van der Waals surface area contributed by atoms with Gasteiger partial charge in [0.2, 0.25) is 11.9 Å². The molecule has 5 aromatic rings. The quantitative estimate of drug-likeness (QED) is 0.316. The number of benzene rings is 2. The van der Waals surface area contributed by atoms with Crippen LogP contribution in [0.2, 0.25) is 0 Å². The van der Waals surface area contributed by atoms with E-state index >= 15 is 0 Å². The van der Waals surface area contributed by atoms with Crippen LogP contribution in [0.4, 0.5) is 11.9 Å². The Balaban J connectivity index is 1.50. The van der Waals surface area contributed by atoms with Crippen molar-refractivity contribution in [2.45, 2.75) is 45.4 Å². The molecule has 0 bridgehead atoms. The molecule has 3 aromatic heterocycles. The second-order valence-electron chi connectivity index (χ2n) is 10.1. The van der Waals surface area contributed by atoms with Crippen LogP contribution in [0.5, 0.6) is 0 Å². The maximum Gasteiger partial charge on any atom is 0.281 e. The van der Waals surface area contributed by atoms with Crippen LogP contribution in [0.25, 0.3) is 11.2 Å². The van der Waals surface area contributed by atoms with Crippen LogP contribution >= 0.6 is 0 Å². The summed E-state index contributed by atoms with van der Waals surface area (Å²) in [5.41, 5.74) is 9.90. The first-order valence-electron chi connectivity index (χ1n) is 13.3. The van der Waals surface area contributed by atoms with Gasteiger partial charge in [-0.05, 0) is 30.9 Å². The zero-order valence-corrected chi connectivity index (χ0v) is 22.0. The summed E-state index contributed by atoms with van der Waals surface area (Å²) in [6.45, 7) is 4.57. The van der Waals surface area contributed by atoms with Crippen molar-refractivity contribution in [3.8, 4) is 0 Å². The molecule has 1 unspecified atom stereocenters. The molecule has 10 nitrogen and oxygen atoms in total. The molecule has 0 aliphatic carbocycles. The largest absolute Gasteiger partial charge is 0.359 e. The van der Waals surface area contributed by atoms with E-state index in [2.05, 4.69) is 27.5 Å². The number of hydrogen-bond acceptors (Lipinski definition) is 8. The first kappa shape index (κ1) is 24.9. The fourth-order valence-electron chi connectivity index (χ4n) is 5.16. The first-order chi connectivity index (χ1) is 19.0. The molecule has 0 saturated carbocycles. The zero-order valence-electron chi connectivity index (χ0n) is 22.0. The fraction of sp³-hybridized carbons (Fsp3) is 0.310. The summed E-state index contributed by atoms with van der Waals surface area (Å²) in [7, 11) is 0. The summed E-state index contributed by atoms with van der Waals surface area (Å²) in [6.07, 6.45) is 1.95. The summed E-state index contributed by atoms with van der Waals surface area (Å²) < 4.78 is 9.08. The molecule has 6 rings (SSSR count). The van der Waals surface area contributed by atoms with E-state index in [4.69, 9.17) is 20.2 Å². The molecule has 39 heavy (non-hydrogen) atoms. The van der Waals surface area contributed by atoms with E-state index in [1.165, 1.54) is 0 Å². The molecule has 4 heterocycles. The minimum atomic E-state index is -0.194. The van der Waals surface area contributed by atoms with Gasteiger partial charge in [0.1, 0.15) is 0 Å². The average Bonchev–Trinajstić information content (AvgIpc) is 3.53. The second-order valence-corrected chi connectivity index (χ2v) is 10.1. The second kappa shape index (κ2) is 10.7. The number of imidazole rings is 1. The monoisotopic (exact) mass is 524 g/mol. The van der Waals surface area contributed by atoms with Crippen LogP contribution in [-0.2, 0) is 19.6 Å². The van der Waals surface area contributed by atoms with Crippen LogP contribution in [0, 0.1) is 6.92 Å². The van der Waals surface area contributed by atoms with Crippen LogP contribution < -0.4 is 21.5 Å². The van der Waals surface area contributed by atoms with Crippen molar-refractivity contribution in [1.29, 1.82) is 0 Å². The molecule has 0 spiro atoms. The van der Waals surface area contributed by atoms with E-state index in [1.807, 2.05) is 66.1 Å². The Morgan fingerprint density at radius 3 is 2.44 bits per heavy atom. The van der Waals surface area contributed by atoms with Gasteiger partial charge in [-0.1, -0.05) is 65.8 Å². The highest BCUT2D eigenvalue weighted by atomic mass is 16.5. The summed E-state index contributed by atoms with van der Waals surface area (Å²) in [6, 6.07) is 22.0. The van der Waals surface area contributed by atoms with Gasteiger partial charge in [-0.3, -0.25) is 13.9 Å². The van der Waals surface area contributed by atoms with Gasteiger partial charge < -0.3 is 20.5 Å². The Labute approximate surface area is 226 Å². The normalized spacial score (nSPS) is 15.6. The SMILES string of the molecule is Cc1cc(Cn2c(NCc3ccccc3)nc3nc(N4CCCC(N)C4)n(Cc4ccccc4)c3c2=O)on1. The molecule has 0 amide bonds. The lowest BCUT2D eigenvalue weighted by molar-refractivity contribution is 0.372. The lowest BCUT2D eigenvalue weighted by atomic mass is 10.1. The Morgan fingerprint density at radius 1 is 1.00 bits per heavy atom. The molecular weight excluding hydrogens is 492 g/mol. The van der Waals surface area contributed by atoms with Crippen molar-refractivity contribution in [1.82, 2.24) is 24.3 Å². The van der Waals surface area contributed by atoms with Crippen molar-refractivity contribution < 1.29 is 4.52 Å². The van der Waals surface area contributed by atoms with Gasteiger partial charge in [-0.25, -0.2) is 0 Å². The lowest BCUT2D eigenvalue weighted by Gasteiger charge is -2.31. The maximum atomic E-state index is 14.3. The highest BCUT2D eigenvalue weighted by Gasteiger charge is 2.26. The maximum absolute atomic E-state index is 14.3. The lowest BCUT2D eigenvalue weighted by Crippen LogP contribution is -2.44. The molecule has 200 valence electrons. The summed E-state index contributed by atoms with van der Waals surface area (Å²) >= 11 is 0.